The van der Waals surface area contributed by atoms with E-state index in [0.717, 1.165) is 29.8 Å². The normalized spacial score (nSPS) is 13.6. The molecule has 5 heteroatoms. The lowest BCUT2D eigenvalue weighted by Crippen LogP contribution is -2.37. The zero-order valence-electron chi connectivity index (χ0n) is 13.2. The van der Waals surface area contributed by atoms with Gasteiger partial charge in [-0.2, -0.15) is 0 Å². The first kappa shape index (κ1) is 17.5. The van der Waals surface area contributed by atoms with E-state index in [9.17, 15) is 9.90 Å². The number of esters is 1. The standard InChI is InChI=1S/C16H25NO4/c1-5-8-17-13(10-15(18)21-4)16(19)12-6-7-14(20-3)11(2)9-12/h6-7,9,13,16-17,19H,5,8,10H2,1-4H3. The Bertz CT molecular complexity index is 462. The molecule has 0 fully saturated rings. The number of aliphatic hydroxyl groups excluding tert-OH is 1. The van der Waals surface area contributed by atoms with E-state index in [2.05, 4.69) is 5.32 Å². The molecule has 2 N–H and O–H groups in total. The molecule has 0 heterocycles. The number of aliphatic hydroxyl groups is 1. The molecule has 0 saturated heterocycles. The highest BCUT2D eigenvalue weighted by molar-refractivity contribution is 5.70. The molecule has 2 atom stereocenters. The fourth-order valence-electron chi connectivity index (χ4n) is 2.21. The number of benzene rings is 1. The largest absolute Gasteiger partial charge is 0.496 e. The summed E-state index contributed by atoms with van der Waals surface area (Å²) < 4.78 is 9.91. The van der Waals surface area contributed by atoms with E-state index >= 15 is 0 Å². The number of nitrogens with one attached hydrogen (secondary N) is 1. The first-order valence-electron chi connectivity index (χ1n) is 7.16. The van der Waals surface area contributed by atoms with Gasteiger partial charge in [0.2, 0.25) is 0 Å². The van der Waals surface area contributed by atoms with Crippen molar-refractivity contribution < 1.29 is 19.4 Å². The highest BCUT2D eigenvalue weighted by Gasteiger charge is 2.24. The summed E-state index contributed by atoms with van der Waals surface area (Å²) in [5, 5.41) is 13.7. The maximum Gasteiger partial charge on any atom is 0.307 e. The summed E-state index contributed by atoms with van der Waals surface area (Å²) in [6, 6.07) is 5.14. The predicted octanol–water partition coefficient (Wildman–Crippen LogP) is 1.97. The molecule has 0 spiro atoms. The molecule has 21 heavy (non-hydrogen) atoms. The van der Waals surface area contributed by atoms with Crippen molar-refractivity contribution in [3.05, 3.63) is 29.3 Å². The molecule has 1 aromatic carbocycles. The van der Waals surface area contributed by atoms with E-state index in [1.165, 1.54) is 7.11 Å². The Balaban J connectivity index is 2.89. The molecule has 5 nitrogen and oxygen atoms in total. The second-order valence-electron chi connectivity index (χ2n) is 5.01. The van der Waals surface area contributed by atoms with Gasteiger partial charge in [-0.15, -0.1) is 0 Å². The number of methoxy groups -OCH3 is 2. The average Bonchev–Trinajstić information content (AvgIpc) is 2.50. The summed E-state index contributed by atoms with van der Waals surface area (Å²) in [5.41, 5.74) is 1.70. The third kappa shape index (κ3) is 5.02. The van der Waals surface area contributed by atoms with Gasteiger partial charge in [0.25, 0.3) is 0 Å². The smallest absolute Gasteiger partial charge is 0.307 e. The lowest BCUT2D eigenvalue weighted by atomic mass is 9.97. The second kappa shape index (κ2) is 8.64. The van der Waals surface area contributed by atoms with Crippen LogP contribution in [0, 0.1) is 6.92 Å². The minimum atomic E-state index is -0.778. The summed E-state index contributed by atoms with van der Waals surface area (Å²) in [7, 11) is 2.96. The van der Waals surface area contributed by atoms with Crippen molar-refractivity contribution in [2.24, 2.45) is 0 Å². The predicted molar refractivity (Wildman–Crippen MR) is 81.4 cm³/mol. The van der Waals surface area contributed by atoms with Crippen molar-refractivity contribution in [3.8, 4) is 5.75 Å². The van der Waals surface area contributed by atoms with Crippen LogP contribution >= 0.6 is 0 Å². The van der Waals surface area contributed by atoms with Crippen LogP contribution in [0.2, 0.25) is 0 Å². The molecule has 0 aliphatic carbocycles. The molecule has 0 aliphatic rings. The van der Waals surface area contributed by atoms with Crippen molar-refractivity contribution in [3.63, 3.8) is 0 Å². The molecule has 0 radical (unpaired) electrons. The third-order valence-corrected chi connectivity index (χ3v) is 3.41. The maximum absolute atomic E-state index is 11.5. The van der Waals surface area contributed by atoms with E-state index in [1.54, 1.807) is 7.11 Å². The molecule has 0 aliphatic heterocycles. The van der Waals surface area contributed by atoms with Crippen LogP contribution in [0.4, 0.5) is 0 Å². The molecule has 1 rings (SSSR count). The molecule has 0 aromatic heterocycles. The Morgan fingerprint density at radius 2 is 2.10 bits per heavy atom. The number of hydrogen-bond donors (Lipinski definition) is 2. The number of hydrogen-bond acceptors (Lipinski definition) is 5. The van der Waals surface area contributed by atoms with Gasteiger partial charge in [-0.1, -0.05) is 13.0 Å². The van der Waals surface area contributed by atoms with E-state index in [0.29, 0.717) is 0 Å². The van der Waals surface area contributed by atoms with Crippen LogP contribution in [0.1, 0.15) is 37.0 Å². The fraction of sp³-hybridized carbons (Fsp3) is 0.562. The summed E-state index contributed by atoms with van der Waals surface area (Å²) in [6.07, 6.45) is 0.273. The Kier molecular flexibility index (Phi) is 7.19. The molecular weight excluding hydrogens is 270 g/mol. The van der Waals surface area contributed by atoms with Crippen LogP contribution in [0.25, 0.3) is 0 Å². The number of aryl methyl sites for hydroxylation is 1. The van der Waals surface area contributed by atoms with Crippen molar-refractivity contribution in [2.75, 3.05) is 20.8 Å². The molecule has 0 amide bonds. The fourth-order valence-corrected chi connectivity index (χ4v) is 2.21. The number of ether oxygens (including phenoxy) is 2. The maximum atomic E-state index is 11.5. The van der Waals surface area contributed by atoms with Gasteiger partial charge in [0.1, 0.15) is 5.75 Å². The van der Waals surface area contributed by atoms with Gasteiger partial charge in [0, 0.05) is 6.04 Å². The van der Waals surface area contributed by atoms with Gasteiger partial charge in [-0.3, -0.25) is 4.79 Å². The SMILES string of the molecule is CCCNC(CC(=O)OC)C(O)c1ccc(OC)c(C)c1. The topological polar surface area (TPSA) is 67.8 Å². The summed E-state index contributed by atoms with van der Waals surface area (Å²) in [5.74, 6) is 0.435. The molecule has 0 bridgehead atoms. The Hall–Kier alpha value is -1.59. The van der Waals surface area contributed by atoms with E-state index < -0.39 is 6.10 Å². The van der Waals surface area contributed by atoms with Crippen molar-refractivity contribution in [1.29, 1.82) is 0 Å². The zero-order chi connectivity index (χ0) is 15.8. The summed E-state index contributed by atoms with van der Waals surface area (Å²) in [6.45, 7) is 4.68. The van der Waals surface area contributed by atoms with Gasteiger partial charge in [0.15, 0.2) is 0 Å². The van der Waals surface area contributed by atoms with Crippen LogP contribution < -0.4 is 10.1 Å². The molecule has 1 aromatic rings. The van der Waals surface area contributed by atoms with Gasteiger partial charge < -0.3 is 19.9 Å². The lowest BCUT2D eigenvalue weighted by molar-refractivity contribution is -0.142. The van der Waals surface area contributed by atoms with Crippen LogP contribution in [0.15, 0.2) is 18.2 Å². The monoisotopic (exact) mass is 295 g/mol. The van der Waals surface area contributed by atoms with E-state index in [1.807, 2.05) is 32.0 Å². The third-order valence-electron chi connectivity index (χ3n) is 3.41. The lowest BCUT2D eigenvalue weighted by Gasteiger charge is -2.24. The highest BCUT2D eigenvalue weighted by atomic mass is 16.5. The van der Waals surface area contributed by atoms with Gasteiger partial charge >= 0.3 is 5.97 Å². The van der Waals surface area contributed by atoms with Gasteiger partial charge in [-0.05, 0) is 43.1 Å². The minimum absolute atomic E-state index is 0.128. The van der Waals surface area contributed by atoms with Crippen LogP contribution in [0.5, 0.6) is 5.75 Å². The van der Waals surface area contributed by atoms with Crippen LogP contribution in [-0.2, 0) is 9.53 Å². The van der Waals surface area contributed by atoms with Crippen LogP contribution in [-0.4, -0.2) is 37.9 Å². The Morgan fingerprint density at radius 1 is 1.38 bits per heavy atom. The first-order valence-corrected chi connectivity index (χ1v) is 7.16. The zero-order valence-corrected chi connectivity index (χ0v) is 13.2. The number of rotatable bonds is 8. The van der Waals surface area contributed by atoms with Crippen molar-refractivity contribution >= 4 is 5.97 Å². The second-order valence-corrected chi connectivity index (χ2v) is 5.01. The highest BCUT2D eigenvalue weighted by Crippen LogP contribution is 2.25. The van der Waals surface area contributed by atoms with E-state index in [4.69, 9.17) is 9.47 Å². The number of carbonyl (C=O) groups excluding carboxylic acids is 1. The molecule has 118 valence electrons. The Labute approximate surface area is 126 Å². The molecule has 2 unspecified atom stereocenters. The van der Waals surface area contributed by atoms with E-state index in [-0.39, 0.29) is 18.4 Å². The molecular formula is C16H25NO4. The van der Waals surface area contributed by atoms with Crippen molar-refractivity contribution in [2.45, 2.75) is 38.8 Å². The van der Waals surface area contributed by atoms with Gasteiger partial charge in [-0.25, -0.2) is 0 Å². The van der Waals surface area contributed by atoms with Gasteiger partial charge in [0.05, 0.1) is 26.7 Å². The molecule has 0 saturated carbocycles. The first-order chi connectivity index (χ1) is 10.0. The number of carbonyl (C=O) groups is 1. The quantitative estimate of drug-likeness (QED) is 0.718. The summed E-state index contributed by atoms with van der Waals surface area (Å²) >= 11 is 0. The van der Waals surface area contributed by atoms with Crippen molar-refractivity contribution in [1.82, 2.24) is 5.32 Å². The van der Waals surface area contributed by atoms with Crippen LogP contribution in [0.3, 0.4) is 0 Å². The average molecular weight is 295 g/mol. The summed E-state index contributed by atoms with van der Waals surface area (Å²) in [4.78, 5) is 11.5. The minimum Gasteiger partial charge on any atom is -0.496 e. The Morgan fingerprint density at radius 3 is 2.62 bits per heavy atom.